The van der Waals surface area contributed by atoms with E-state index in [1.54, 1.807) is 0 Å². The van der Waals surface area contributed by atoms with E-state index in [0.717, 1.165) is 24.3 Å². The minimum atomic E-state index is -0.888. The van der Waals surface area contributed by atoms with Crippen LogP contribution in [-0.2, 0) is 0 Å². The number of aromatic hydroxyl groups is 5. The van der Waals surface area contributed by atoms with E-state index in [4.69, 9.17) is 15.9 Å². The Kier molecular flexibility index (Phi) is 5.16. The van der Waals surface area contributed by atoms with Crippen molar-refractivity contribution in [3.8, 4) is 40.1 Å². The Balaban J connectivity index is 0.000000465. The molecule has 0 aliphatic carbocycles. The van der Waals surface area contributed by atoms with Crippen LogP contribution in [0.25, 0.3) is 22.3 Å². The summed E-state index contributed by atoms with van der Waals surface area (Å²) in [5.74, 6) is 1.70. The highest BCUT2D eigenvalue weighted by Crippen LogP contribution is 2.37. The number of hydrogen-bond donors (Lipinski definition) is 8. The highest BCUT2D eigenvalue weighted by molar-refractivity contribution is 5.88. The molecular weight excluding hydrogens is 360 g/mol. The zero-order valence-corrected chi connectivity index (χ0v) is 13.6. The van der Waals surface area contributed by atoms with Crippen LogP contribution in [0.3, 0.4) is 0 Å². The lowest BCUT2D eigenvalue weighted by Crippen LogP contribution is -2.23. The third-order valence-electron chi connectivity index (χ3n) is 3.32. The van der Waals surface area contributed by atoms with Gasteiger partial charge >= 0.3 is 0 Å². The molecule has 0 spiro atoms. The van der Waals surface area contributed by atoms with E-state index < -0.39 is 22.7 Å². The molecule has 27 heavy (non-hydrogen) atoms. The van der Waals surface area contributed by atoms with E-state index in [9.17, 15) is 30.3 Å². The van der Waals surface area contributed by atoms with Crippen molar-refractivity contribution < 1.29 is 29.9 Å². The van der Waals surface area contributed by atoms with E-state index in [1.165, 1.54) is 6.07 Å². The van der Waals surface area contributed by atoms with Crippen molar-refractivity contribution in [3.63, 3.8) is 0 Å². The van der Waals surface area contributed by atoms with Crippen molar-refractivity contribution in [2.45, 2.75) is 0 Å². The van der Waals surface area contributed by atoms with Gasteiger partial charge in [0.1, 0.15) is 22.5 Å². The Morgan fingerprint density at radius 3 is 2.11 bits per heavy atom. The molecule has 11 nitrogen and oxygen atoms in total. The van der Waals surface area contributed by atoms with E-state index in [2.05, 4.69) is 10.9 Å². The Hall–Kier alpha value is -4.28. The Bertz CT molecular complexity index is 1090. The number of nitrogens with two attached hydrogens (primary N) is 3. The standard InChI is InChI=1S/C15H10O7.CH6N4/c16-7-4-10(19)12-11(5-7)22-15(14(21)13(12)20)6-1-2-8(17)9(18)3-6;2-1(3)5-4/h1-5,16-19,21H;4H2,(H4,2,3,5). The van der Waals surface area contributed by atoms with Crippen LogP contribution in [0.2, 0.25) is 0 Å². The molecule has 0 unspecified atom stereocenters. The lowest BCUT2D eigenvalue weighted by atomic mass is 10.1. The molecule has 0 saturated heterocycles. The number of phenols is 4. The molecule has 1 aromatic heterocycles. The summed E-state index contributed by atoms with van der Waals surface area (Å²) < 4.78 is 5.35. The molecule has 3 rings (SSSR count). The predicted molar refractivity (Wildman–Crippen MR) is 96.2 cm³/mol. The molecule has 2 aromatic carbocycles. The lowest BCUT2D eigenvalue weighted by molar-refractivity contribution is 0.403. The minimum absolute atomic E-state index is 0.0926. The third kappa shape index (κ3) is 3.87. The topological polar surface area (TPSA) is 222 Å². The summed E-state index contributed by atoms with van der Waals surface area (Å²) in [4.78, 5) is 12.1. The molecule has 0 bridgehead atoms. The third-order valence-corrected chi connectivity index (χ3v) is 3.32. The first-order valence-electron chi connectivity index (χ1n) is 7.18. The maximum Gasteiger partial charge on any atom is 0.238 e. The van der Waals surface area contributed by atoms with Crippen molar-refractivity contribution >= 4 is 16.9 Å². The summed E-state index contributed by atoms with van der Waals surface area (Å²) >= 11 is 0. The van der Waals surface area contributed by atoms with Gasteiger partial charge in [-0.3, -0.25) is 4.79 Å². The van der Waals surface area contributed by atoms with Gasteiger partial charge < -0.3 is 47.3 Å². The highest BCUT2D eigenvalue weighted by atomic mass is 16.4. The monoisotopic (exact) mass is 376 g/mol. The molecule has 142 valence electrons. The molecule has 0 saturated carbocycles. The maximum absolute atomic E-state index is 12.1. The van der Waals surface area contributed by atoms with E-state index >= 15 is 0 Å². The quantitative estimate of drug-likeness (QED) is 0.0941. The predicted octanol–water partition coefficient (Wildman–Crippen LogP) is 0.121. The SMILES string of the molecule is NN=C(N)N.O=c1c(O)c(-c2ccc(O)c(O)c2)oc2cc(O)cc(O)c12. The maximum atomic E-state index is 12.1. The van der Waals surface area contributed by atoms with Crippen LogP contribution in [0, 0.1) is 0 Å². The molecule has 11 heteroatoms. The van der Waals surface area contributed by atoms with E-state index in [-0.39, 0.29) is 39.8 Å². The Morgan fingerprint density at radius 2 is 1.56 bits per heavy atom. The zero-order valence-electron chi connectivity index (χ0n) is 13.6. The number of benzene rings is 2. The number of phenolic OH excluding ortho intramolecular Hbond substituents is 4. The normalized spacial score (nSPS) is 10.1. The minimum Gasteiger partial charge on any atom is -0.508 e. The molecule has 0 aliphatic heterocycles. The zero-order chi connectivity index (χ0) is 20.3. The van der Waals surface area contributed by atoms with Gasteiger partial charge in [-0.05, 0) is 18.2 Å². The Morgan fingerprint density at radius 1 is 0.926 bits per heavy atom. The average Bonchev–Trinajstić information content (AvgIpc) is 2.60. The summed E-state index contributed by atoms with van der Waals surface area (Å²) in [5, 5.41) is 50.5. The van der Waals surface area contributed by atoms with Crippen molar-refractivity contribution in [1.82, 2.24) is 0 Å². The van der Waals surface area contributed by atoms with Gasteiger partial charge in [-0.1, -0.05) is 0 Å². The van der Waals surface area contributed by atoms with Crippen LogP contribution in [0.5, 0.6) is 28.7 Å². The second kappa shape index (κ2) is 7.31. The molecule has 0 aliphatic rings. The first kappa shape index (κ1) is 19.1. The second-order valence-electron chi connectivity index (χ2n) is 5.20. The van der Waals surface area contributed by atoms with Gasteiger partial charge in [-0.2, -0.15) is 0 Å². The lowest BCUT2D eigenvalue weighted by Gasteiger charge is -2.08. The number of hydrazone groups is 1. The second-order valence-corrected chi connectivity index (χ2v) is 5.20. The van der Waals surface area contributed by atoms with Crippen molar-refractivity contribution in [2.24, 2.45) is 22.4 Å². The Labute approximate surface area is 150 Å². The number of hydrogen-bond acceptors (Lipinski definition) is 9. The fraction of sp³-hybridized carbons (Fsp3) is 0. The van der Waals surface area contributed by atoms with Crippen LogP contribution in [-0.4, -0.2) is 31.5 Å². The molecule has 0 atom stereocenters. The smallest absolute Gasteiger partial charge is 0.238 e. The van der Waals surface area contributed by atoms with Crippen LogP contribution < -0.4 is 22.7 Å². The first-order valence-corrected chi connectivity index (χ1v) is 7.18. The van der Waals surface area contributed by atoms with Gasteiger partial charge in [0.25, 0.3) is 0 Å². The van der Waals surface area contributed by atoms with E-state index in [1.807, 2.05) is 0 Å². The summed E-state index contributed by atoms with van der Waals surface area (Å²) in [6.07, 6.45) is 0. The molecular formula is C16H16N4O7. The highest BCUT2D eigenvalue weighted by Gasteiger charge is 2.19. The number of guanidine groups is 1. The van der Waals surface area contributed by atoms with Gasteiger partial charge in [-0.15, -0.1) is 5.10 Å². The van der Waals surface area contributed by atoms with Crippen LogP contribution in [0.15, 0.2) is 44.6 Å². The molecule has 0 radical (unpaired) electrons. The molecule has 3 aromatic rings. The van der Waals surface area contributed by atoms with Crippen molar-refractivity contribution in [2.75, 3.05) is 0 Å². The van der Waals surface area contributed by atoms with Gasteiger partial charge in [0.15, 0.2) is 17.3 Å². The molecule has 11 N–H and O–H groups in total. The number of fused-ring (bicyclic) bond motifs is 1. The largest absolute Gasteiger partial charge is 0.508 e. The van der Waals surface area contributed by atoms with E-state index in [0.29, 0.717) is 0 Å². The van der Waals surface area contributed by atoms with Crippen LogP contribution in [0.1, 0.15) is 0 Å². The fourth-order valence-corrected chi connectivity index (χ4v) is 2.14. The number of rotatable bonds is 1. The van der Waals surface area contributed by atoms with Gasteiger partial charge in [0.05, 0.1) is 0 Å². The summed E-state index contributed by atoms with van der Waals surface area (Å²) in [5.41, 5.74) is 8.50. The fourth-order valence-electron chi connectivity index (χ4n) is 2.14. The number of nitrogens with zero attached hydrogens (tertiary/aromatic N) is 1. The van der Waals surface area contributed by atoms with Crippen LogP contribution >= 0.6 is 0 Å². The average molecular weight is 376 g/mol. The molecule has 1 heterocycles. The van der Waals surface area contributed by atoms with Gasteiger partial charge in [0.2, 0.25) is 17.1 Å². The summed E-state index contributed by atoms with van der Waals surface area (Å²) in [7, 11) is 0. The van der Waals surface area contributed by atoms with Crippen molar-refractivity contribution in [3.05, 3.63) is 40.6 Å². The van der Waals surface area contributed by atoms with Gasteiger partial charge in [0, 0.05) is 17.7 Å². The first-order chi connectivity index (χ1) is 12.6. The van der Waals surface area contributed by atoms with Crippen LogP contribution in [0.4, 0.5) is 0 Å². The molecule has 0 fully saturated rings. The van der Waals surface area contributed by atoms with Gasteiger partial charge in [-0.25, -0.2) is 0 Å². The molecule has 0 amide bonds. The van der Waals surface area contributed by atoms with Crippen molar-refractivity contribution in [1.29, 1.82) is 0 Å². The summed E-state index contributed by atoms with van der Waals surface area (Å²) in [6.45, 7) is 0. The summed E-state index contributed by atoms with van der Waals surface area (Å²) in [6, 6.07) is 5.64.